The lowest BCUT2D eigenvalue weighted by Gasteiger charge is -2.22. The van der Waals surface area contributed by atoms with Crippen molar-refractivity contribution < 1.29 is 4.79 Å². The summed E-state index contributed by atoms with van der Waals surface area (Å²) in [5.41, 5.74) is 2.12. The molecule has 0 spiro atoms. The topological polar surface area (TPSA) is 29.1 Å². The van der Waals surface area contributed by atoms with Crippen molar-refractivity contribution in [2.75, 3.05) is 6.54 Å². The molecule has 0 aromatic heterocycles. The van der Waals surface area contributed by atoms with Crippen LogP contribution in [0.15, 0.2) is 36.9 Å². The first-order valence-corrected chi connectivity index (χ1v) is 6.80. The number of amides is 1. The van der Waals surface area contributed by atoms with E-state index in [2.05, 4.69) is 24.0 Å². The van der Waals surface area contributed by atoms with Gasteiger partial charge in [0.05, 0.1) is 0 Å². The number of rotatable bonds is 4. The van der Waals surface area contributed by atoms with E-state index in [0.717, 1.165) is 5.56 Å². The molecule has 1 aromatic carbocycles. The van der Waals surface area contributed by atoms with Crippen LogP contribution < -0.4 is 5.32 Å². The number of hydrogen-bond acceptors (Lipinski definition) is 1. The molecule has 1 amide bonds. The minimum absolute atomic E-state index is 0.0231. The molecule has 0 saturated heterocycles. The monoisotopic (exact) mass is 243 g/mol. The van der Waals surface area contributed by atoms with Crippen LogP contribution in [0.5, 0.6) is 0 Å². The maximum atomic E-state index is 11.7. The molecule has 1 aliphatic rings. The van der Waals surface area contributed by atoms with Gasteiger partial charge >= 0.3 is 0 Å². The molecule has 1 N–H and O–H groups in total. The van der Waals surface area contributed by atoms with Gasteiger partial charge < -0.3 is 5.32 Å². The third-order valence-electron chi connectivity index (χ3n) is 3.66. The first-order chi connectivity index (χ1) is 8.81. The molecule has 0 bridgehead atoms. The molecule has 1 fully saturated rings. The van der Waals surface area contributed by atoms with Crippen molar-refractivity contribution in [2.24, 2.45) is 0 Å². The fourth-order valence-corrected chi connectivity index (χ4v) is 2.61. The fourth-order valence-electron chi connectivity index (χ4n) is 2.61. The molecule has 1 aromatic rings. The number of hydrogen-bond donors (Lipinski definition) is 1. The molecule has 2 nitrogen and oxygen atoms in total. The Morgan fingerprint density at radius 3 is 2.50 bits per heavy atom. The second kappa shape index (κ2) is 6.39. The minimum Gasteiger partial charge on any atom is -0.349 e. The summed E-state index contributed by atoms with van der Waals surface area (Å²) < 4.78 is 0. The van der Waals surface area contributed by atoms with Gasteiger partial charge in [-0.05, 0) is 36.5 Å². The number of carbonyl (C=O) groups excluding carboxylic acids is 1. The van der Waals surface area contributed by atoms with Crippen LogP contribution >= 0.6 is 0 Å². The zero-order valence-corrected chi connectivity index (χ0v) is 10.8. The van der Waals surface area contributed by atoms with E-state index in [-0.39, 0.29) is 5.91 Å². The molecule has 1 saturated carbocycles. The number of nitrogens with one attached hydrogen (secondary N) is 1. The third kappa shape index (κ3) is 3.22. The standard InChI is InChI=1S/C16H21NO/c1-2-12-17-16(18)15-10-8-14(9-11-15)13-6-4-3-5-7-13/h2,8-11,13H,1,3-7,12H2,(H,17,18). The van der Waals surface area contributed by atoms with E-state index in [0.29, 0.717) is 12.5 Å². The molecule has 2 heteroatoms. The molecule has 18 heavy (non-hydrogen) atoms. The van der Waals surface area contributed by atoms with Crippen LogP contribution in [0.1, 0.15) is 53.9 Å². The van der Waals surface area contributed by atoms with Crippen molar-refractivity contribution in [2.45, 2.75) is 38.0 Å². The van der Waals surface area contributed by atoms with Crippen LogP contribution in [-0.2, 0) is 0 Å². The van der Waals surface area contributed by atoms with E-state index in [1.807, 2.05) is 12.1 Å². The van der Waals surface area contributed by atoms with Gasteiger partial charge in [-0.2, -0.15) is 0 Å². The Kier molecular flexibility index (Phi) is 4.57. The lowest BCUT2D eigenvalue weighted by molar-refractivity contribution is 0.0958. The molecule has 0 unspecified atom stereocenters. The highest BCUT2D eigenvalue weighted by Gasteiger charge is 2.15. The number of benzene rings is 1. The molecule has 0 radical (unpaired) electrons. The van der Waals surface area contributed by atoms with E-state index in [1.165, 1.54) is 37.7 Å². The summed E-state index contributed by atoms with van der Waals surface area (Å²) in [4.78, 5) is 11.7. The van der Waals surface area contributed by atoms with Gasteiger partial charge in [0.25, 0.3) is 5.91 Å². The second-order valence-electron chi connectivity index (χ2n) is 4.96. The maximum Gasteiger partial charge on any atom is 0.251 e. The lowest BCUT2D eigenvalue weighted by atomic mass is 9.84. The van der Waals surface area contributed by atoms with E-state index in [1.54, 1.807) is 6.08 Å². The SMILES string of the molecule is C=CCNC(=O)c1ccc(C2CCCCC2)cc1. The van der Waals surface area contributed by atoms with Gasteiger partial charge in [0, 0.05) is 12.1 Å². The fraction of sp³-hybridized carbons (Fsp3) is 0.438. The predicted octanol–water partition coefficient (Wildman–Crippen LogP) is 3.65. The summed E-state index contributed by atoms with van der Waals surface area (Å²) in [5, 5.41) is 2.79. The highest BCUT2D eigenvalue weighted by molar-refractivity contribution is 5.94. The van der Waals surface area contributed by atoms with Crippen molar-refractivity contribution in [1.29, 1.82) is 0 Å². The zero-order valence-electron chi connectivity index (χ0n) is 10.8. The van der Waals surface area contributed by atoms with Crippen LogP contribution in [0, 0.1) is 0 Å². The summed E-state index contributed by atoms with van der Waals surface area (Å²) in [6.07, 6.45) is 8.33. The lowest BCUT2D eigenvalue weighted by Crippen LogP contribution is -2.23. The molecule has 0 heterocycles. The van der Waals surface area contributed by atoms with Gasteiger partial charge in [-0.3, -0.25) is 4.79 Å². The summed E-state index contributed by atoms with van der Waals surface area (Å²) >= 11 is 0. The molecular weight excluding hydrogens is 222 g/mol. The van der Waals surface area contributed by atoms with Gasteiger partial charge in [-0.15, -0.1) is 6.58 Å². The first kappa shape index (κ1) is 12.9. The van der Waals surface area contributed by atoms with E-state index in [4.69, 9.17) is 0 Å². The average Bonchev–Trinajstić information content (AvgIpc) is 2.46. The van der Waals surface area contributed by atoms with Gasteiger partial charge in [-0.1, -0.05) is 37.5 Å². The zero-order chi connectivity index (χ0) is 12.8. The normalized spacial score (nSPS) is 16.2. The van der Waals surface area contributed by atoms with E-state index >= 15 is 0 Å². The van der Waals surface area contributed by atoms with Gasteiger partial charge in [0.15, 0.2) is 0 Å². The Labute approximate surface area is 109 Å². The highest BCUT2D eigenvalue weighted by Crippen LogP contribution is 2.32. The Hall–Kier alpha value is -1.57. The third-order valence-corrected chi connectivity index (χ3v) is 3.66. The molecular formula is C16H21NO. The average molecular weight is 243 g/mol. The largest absolute Gasteiger partial charge is 0.349 e. The quantitative estimate of drug-likeness (QED) is 0.803. The van der Waals surface area contributed by atoms with E-state index < -0.39 is 0 Å². The molecule has 2 rings (SSSR count). The Bertz CT molecular complexity index is 402. The summed E-state index contributed by atoms with van der Waals surface area (Å²) in [5.74, 6) is 0.675. The minimum atomic E-state index is -0.0231. The Morgan fingerprint density at radius 2 is 1.89 bits per heavy atom. The van der Waals surface area contributed by atoms with Gasteiger partial charge in [-0.25, -0.2) is 0 Å². The van der Waals surface area contributed by atoms with Crippen LogP contribution in [-0.4, -0.2) is 12.5 Å². The van der Waals surface area contributed by atoms with Crippen LogP contribution in [0.25, 0.3) is 0 Å². The Morgan fingerprint density at radius 1 is 1.22 bits per heavy atom. The first-order valence-electron chi connectivity index (χ1n) is 6.80. The van der Waals surface area contributed by atoms with Crippen LogP contribution in [0.2, 0.25) is 0 Å². The van der Waals surface area contributed by atoms with Crippen molar-refractivity contribution in [1.82, 2.24) is 5.32 Å². The molecule has 0 aliphatic heterocycles. The molecule has 96 valence electrons. The van der Waals surface area contributed by atoms with Gasteiger partial charge in [0.1, 0.15) is 0 Å². The van der Waals surface area contributed by atoms with Crippen molar-refractivity contribution in [3.05, 3.63) is 48.0 Å². The maximum absolute atomic E-state index is 11.7. The van der Waals surface area contributed by atoms with E-state index in [9.17, 15) is 4.79 Å². The van der Waals surface area contributed by atoms with Crippen LogP contribution in [0.3, 0.4) is 0 Å². The van der Waals surface area contributed by atoms with Crippen molar-refractivity contribution in [3.8, 4) is 0 Å². The second-order valence-corrected chi connectivity index (χ2v) is 4.96. The Balaban J connectivity index is 2.00. The highest BCUT2D eigenvalue weighted by atomic mass is 16.1. The predicted molar refractivity (Wildman–Crippen MR) is 74.8 cm³/mol. The number of carbonyl (C=O) groups is 1. The van der Waals surface area contributed by atoms with Crippen LogP contribution in [0.4, 0.5) is 0 Å². The molecule has 1 aliphatic carbocycles. The summed E-state index contributed by atoms with van der Waals surface area (Å²) in [6, 6.07) is 8.09. The van der Waals surface area contributed by atoms with Gasteiger partial charge in [0.2, 0.25) is 0 Å². The summed E-state index contributed by atoms with van der Waals surface area (Å²) in [6.45, 7) is 4.10. The summed E-state index contributed by atoms with van der Waals surface area (Å²) in [7, 11) is 0. The molecule has 0 atom stereocenters. The smallest absolute Gasteiger partial charge is 0.251 e. The van der Waals surface area contributed by atoms with Crippen molar-refractivity contribution >= 4 is 5.91 Å². The van der Waals surface area contributed by atoms with Crippen molar-refractivity contribution in [3.63, 3.8) is 0 Å².